The average Bonchev–Trinajstić information content (AvgIpc) is 2.92. The number of oxime groups is 1. The summed E-state index contributed by atoms with van der Waals surface area (Å²) >= 11 is -2.81. The summed E-state index contributed by atoms with van der Waals surface area (Å²) in [4.78, 5) is 25.4. The fourth-order valence-corrected chi connectivity index (χ4v) is 4.08. The molecule has 0 bridgehead atoms. The van der Waals surface area contributed by atoms with Gasteiger partial charge in [0, 0.05) is 28.1 Å². The van der Waals surface area contributed by atoms with E-state index in [4.69, 9.17) is 20.4 Å². The van der Waals surface area contributed by atoms with E-state index in [1.54, 1.807) is 67.6 Å². The summed E-state index contributed by atoms with van der Waals surface area (Å²) in [5.74, 6) is -0.389. The van der Waals surface area contributed by atoms with Crippen molar-refractivity contribution in [2.75, 3.05) is 17.5 Å². The van der Waals surface area contributed by atoms with Gasteiger partial charge in [0.2, 0.25) is 0 Å². The highest BCUT2D eigenvalue weighted by atomic mass is 32.2. The van der Waals surface area contributed by atoms with Crippen molar-refractivity contribution in [2.45, 2.75) is 19.9 Å². The van der Waals surface area contributed by atoms with Crippen LogP contribution in [0, 0.1) is 6.92 Å². The molecule has 0 aliphatic rings. The Morgan fingerprint density at radius 2 is 1.58 bits per heavy atom. The Labute approximate surface area is 222 Å². The van der Waals surface area contributed by atoms with E-state index in [0.717, 1.165) is 9.87 Å². The van der Waals surface area contributed by atoms with Gasteiger partial charge in [0.25, 0.3) is 5.91 Å². The first-order valence-corrected chi connectivity index (χ1v) is 12.5. The van der Waals surface area contributed by atoms with E-state index >= 15 is 0 Å². The Kier molecular flexibility index (Phi) is 9.79. The number of esters is 1. The second-order valence-corrected chi connectivity index (χ2v) is 8.82. The summed E-state index contributed by atoms with van der Waals surface area (Å²) in [6.07, 6.45) is 0. The first-order valence-electron chi connectivity index (χ1n) is 11.5. The zero-order chi connectivity index (χ0) is 27.7. The summed E-state index contributed by atoms with van der Waals surface area (Å²) in [5, 5.41) is 14.3. The van der Waals surface area contributed by atoms with Gasteiger partial charge in [0.15, 0.2) is 11.9 Å². The van der Waals surface area contributed by atoms with Crippen LogP contribution in [0.4, 0.5) is 5.69 Å². The van der Waals surface area contributed by atoms with Crippen molar-refractivity contribution >= 4 is 34.7 Å². The SMILES string of the molecule is CCOC(=O)C(CNC(=O)c1ccc(Oc2ccc(C(N)=NO)cc2)cc1)N(c1ccc(C)cc1)S(=O)[O-]. The lowest BCUT2D eigenvalue weighted by molar-refractivity contribution is -0.144. The molecule has 12 heteroatoms. The van der Waals surface area contributed by atoms with Gasteiger partial charge < -0.3 is 30.3 Å². The van der Waals surface area contributed by atoms with Gasteiger partial charge in [-0.15, -0.1) is 0 Å². The van der Waals surface area contributed by atoms with Crippen molar-refractivity contribution in [1.82, 2.24) is 5.32 Å². The predicted molar refractivity (Wildman–Crippen MR) is 141 cm³/mol. The number of hydrogen-bond donors (Lipinski definition) is 3. The lowest BCUT2D eigenvalue weighted by Crippen LogP contribution is -2.50. The molecule has 1 amide bonds. The quantitative estimate of drug-likeness (QED) is 0.0835. The highest BCUT2D eigenvalue weighted by Crippen LogP contribution is 2.23. The van der Waals surface area contributed by atoms with Gasteiger partial charge >= 0.3 is 5.97 Å². The molecule has 0 heterocycles. The molecule has 11 nitrogen and oxygen atoms in total. The number of nitrogens with zero attached hydrogens (tertiary/aromatic N) is 2. The van der Waals surface area contributed by atoms with Crippen molar-refractivity contribution in [3.63, 3.8) is 0 Å². The van der Waals surface area contributed by atoms with E-state index in [1.165, 1.54) is 12.1 Å². The maximum absolute atomic E-state index is 12.8. The van der Waals surface area contributed by atoms with Gasteiger partial charge in [-0.3, -0.25) is 13.3 Å². The van der Waals surface area contributed by atoms with Crippen LogP contribution in [0.5, 0.6) is 11.5 Å². The van der Waals surface area contributed by atoms with Gasteiger partial charge in [0.05, 0.1) is 13.2 Å². The minimum Gasteiger partial charge on any atom is -0.755 e. The molecule has 3 rings (SSSR count). The number of aryl methyl sites for hydroxylation is 1. The predicted octanol–water partition coefficient (Wildman–Crippen LogP) is 2.84. The molecule has 38 heavy (non-hydrogen) atoms. The van der Waals surface area contributed by atoms with Crippen LogP contribution in [-0.4, -0.2) is 50.9 Å². The highest BCUT2D eigenvalue weighted by Gasteiger charge is 2.29. The number of benzene rings is 3. The number of hydrogen-bond acceptors (Lipinski definition) is 8. The van der Waals surface area contributed by atoms with E-state index in [9.17, 15) is 18.4 Å². The van der Waals surface area contributed by atoms with Crippen molar-refractivity contribution in [2.24, 2.45) is 10.9 Å². The molecule has 0 fully saturated rings. The Hall–Kier alpha value is -4.42. The molecular formula is C26H27N4O7S-. The number of anilines is 1. The maximum atomic E-state index is 12.8. The number of nitrogens with one attached hydrogen (secondary N) is 1. The van der Waals surface area contributed by atoms with Gasteiger partial charge in [-0.2, -0.15) is 0 Å². The molecule has 0 aliphatic heterocycles. The lowest BCUT2D eigenvalue weighted by Gasteiger charge is -2.33. The van der Waals surface area contributed by atoms with Gasteiger partial charge in [-0.05, 0) is 74.5 Å². The molecule has 0 aliphatic carbocycles. The second-order valence-electron chi connectivity index (χ2n) is 7.99. The largest absolute Gasteiger partial charge is 0.755 e. The Morgan fingerprint density at radius 3 is 2.08 bits per heavy atom. The van der Waals surface area contributed by atoms with Gasteiger partial charge in [-0.1, -0.05) is 22.9 Å². The van der Waals surface area contributed by atoms with Crippen LogP contribution >= 0.6 is 0 Å². The van der Waals surface area contributed by atoms with Crippen LogP contribution in [-0.2, 0) is 20.8 Å². The second kappa shape index (κ2) is 13.2. The van der Waals surface area contributed by atoms with Crippen molar-refractivity contribution in [3.8, 4) is 11.5 Å². The van der Waals surface area contributed by atoms with Crippen molar-refractivity contribution < 1.29 is 33.0 Å². The average molecular weight is 540 g/mol. The topological polar surface area (TPSA) is 167 Å². The van der Waals surface area contributed by atoms with Crippen LogP contribution in [0.25, 0.3) is 0 Å². The molecule has 4 N–H and O–H groups in total. The molecular weight excluding hydrogens is 512 g/mol. The normalized spacial score (nSPS) is 12.8. The zero-order valence-electron chi connectivity index (χ0n) is 20.7. The molecule has 0 radical (unpaired) electrons. The summed E-state index contributed by atoms with van der Waals surface area (Å²) in [7, 11) is 0. The Bertz CT molecular complexity index is 1300. The molecule has 3 aromatic carbocycles. The van der Waals surface area contributed by atoms with Gasteiger partial charge in [0.1, 0.15) is 11.5 Å². The highest BCUT2D eigenvalue weighted by molar-refractivity contribution is 7.80. The zero-order valence-corrected chi connectivity index (χ0v) is 21.5. The monoisotopic (exact) mass is 539 g/mol. The summed E-state index contributed by atoms with van der Waals surface area (Å²) in [6, 6.07) is 18.0. The first-order chi connectivity index (χ1) is 18.2. The van der Waals surface area contributed by atoms with Crippen LogP contribution in [0.15, 0.2) is 78.0 Å². The van der Waals surface area contributed by atoms with Crippen LogP contribution in [0.1, 0.15) is 28.4 Å². The number of carbonyl (C=O) groups is 2. The molecule has 0 saturated carbocycles. The maximum Gasteiger partial charge on any atom is 0.331 e. The number of nitrogens with two attached hydrogens (primary N) is 1. The molecule has 0 spiro atoms. The third-order valence-corrected chi connectivity index (χ3v) is 6.14. The molecule has 3 aromatic rings. The van der Waals surface area contributed by atoms with Crippen molar-refractivity contribution in [3.05, 3.63) is 89.5 Å². The molecule has 2 atom stereocenters. The van der Waals surface area contributed by atoms with Crippen LogP contribution in [0.2, 0.25) is 0 Å². The Morgan fingerprint density at radius 1 is 1.03 bits per heavy atom. The minimum absolute atomic E-state index is 0.0272. The van der Waals surface area contributed by atoms with E-state index in [0.29, 0.717) is 17.1 Å². The fraction of sp³-hybridized carbons (Fsp3) is 0.192. The first kappa shape index (κ1) is 28.2. The summed E-state index contributed by atoms with van der Waals surface area (Å²) < 4.78 is 35.8. The summed E-state index contributed by atoms with van der Waals surface area (Å²) in [6.45, 7) is 3.18. The third-order valence-electron chi connectivity index (χ3n) is 5.36. The number of rotatable bonds is 11. The number of amides is 1. The molecule has 0 aromatic heterocycles. The third kappa shape index (κ3) is 7.31. The standard InChI is InChI=1S/C26H28N4O7S/c1-3-36-26(32)23(30(38(34)35)20-10-4-17(2)5-11-20)16-28-25(31)19-8-14-22(15-9-19)37-21-12-6-18(7-13-21)24(27)29-33/h4-15,23,33H,3,16H2,1-2H3,(H2,27,29)(H,28,31)(H,34,35)/p-1. The summed E-state index contributed by atoms with van der Waals surface area (Å²) in [5.41, 5.74) is 7.51. The van der Waals surface area contributed by atoms with Crippen LogP contribution < -0.4 is 20.1 Å². The minimum atomic E-state index is -2.81. The van der Waals surface area contributed by atoms with E-state index in [-0.39, 0.29) is 30.2 Å². The number of carbonyl (C=O) groups excluding carboxylic acids is 2. The van der Waals surface area contributed by atoms with E-state index < -0.39 is 29.2 Å². The van der Waals surface area contributed by atoms with E-state index in [2.05, 4.69) is 10.5 Å². The van der Waals surface area contributed by atoms with Crippen molar-refractivity contribution in [1.29, 1.82) is 0 Å². The van der Waals surface area contributed by atoms with E-state index in [1.807, 2.05) is 6.92 Å². The molecule has 200 valence electrons. The van der Waals surface area contributed by atoms with Crippen LogP contribution in [0.3, 0.4) is 0 Å². The molecule has 0 saturated heterocycles. The lowest BCUT2D eigenvalue weighted by atomic mass is 10.1. The molecule has 2 unspecified atom stereocenters. The fourth-order valence-electron chi connectivity index (χ4n) is 3.42. The Balaban J connectivity index is 1.70. The number of amidine groups is 1. The smallest absolute Gasteiger partial charge is 0.331 e. The number of ether oxygens (including phenoxy) is 2. The van der Waals surface area contributed by atoms with Gasteiger partial charge in [-0.25, -0.2) is 4.79 Å².